The molecule has 1 N–H and O–H groups in total. The SMILES string of the molecule is Cn1cnnc1CNC(=O)c1cnc(Cl)c2ccccc12. The lowest BCUT2D eigenvalue weighted by Gasteiger charge is -2.08. The van der Waals surface area contributed by atoms with E-state index in [4.69, 9.17) is 11.6 Å². The third-order valence-electron chi connectivity index (χ3n) is 3.20. The number of rotatable bonds is 3. The highest BCUT2D eigenvalue weighted by molar-refractivity contribution is 6.34. The van der Waals surface area contributed by atoms with Gasteiger partial charge in [-0.1, -0.05) is 35.9 Å². The first-order chi connectivity index (χ1) is 10.2. The summed E-state index contributed by atoms with van der Waals surface area (Å²) in [5.74, 6) is 0.452. The van der Waals surface area contributed by atoms with Gasteiger partial charge < -0.3 is 9.88 Å². The standard InChI is InChI=1S/C14H12ClN5O/c1-20-8-18-19-12(20)7-17-14(21)11-6-16-13(15)10-5-3-2-4-9(10)11/h2-6,8H,7H2,1H3,(H,17,21). The molecule has 0 bridgehead atoms. The van der Waals surface area contributed by atoms with Crippen LogP contribution in [0.15, 0.2) is 36.8 Å². The lowest BCUT2D eigenvalue weighted by atomic mass is 10.1. The van der Waals surface area contributed by atoms with Gasteiger partial charge in [-0.15, -0.1) is 10.2 Å². The van der Waals surface area contributed by atoms with Gasteiger partial charge in [0.2, 0.25) is 0 Å². The Morgan fingerprint density at radius 2 is 2.10 bits per heavy atom. The van der Waals surface area contributed by atoms with Gasteiger partial charge in [0.15, 0.2) is 5.82 Å². The van der Waals surface area contributed by atoms with E-state index in [9.17, 15) is 4.79 Å². The summed E-state index contributed by atoms with van der Waals surface area (Å²) in [6.07, 6.45) is 3.07. The minimum absolute atomic E-state index is 0.224. The van der Waals surface area contributed by atoms with Crippen LogP contribution < -0.4 is 5.32 Å². The molecule has 0 unspecified atom stereocenters. The van der Waals surface area contributed by atoms with E-state index in [2.05, 4.69) is 20.5 Å². The first-order valence-corrected chi connectivity index (χ1v) is 6.69. The van der Waals surface area contributed by atoms with Crippen molar-refractivity contribution in [3.63, 3.8) is 0 Å². The molecule has 0 fully saturated rings. The van der Waals surface area contributed by atoms with Gasteiger partial charge in [0, 0.05) is 18.6 Å². The third-order valence-corrected chi connectivity index (χ3v) is 3.50. The fourth-order valence-corrected chi connectivity index (χ4v) is 2.27. The largest absolute Gasteiger partial charge is 0.345 e. The molecule has 0 aliphatic heterocycles. The van der Waals surface area contributed by atoms with E-state index in [0.29, 0.717) is 23.1 Å². The van der Waals surface area contributed by atoms with Crippen molar-refractivity contribution in [1.29, 1.82) is 0 Å². The molecule has 0 atom stereocenters. The molecular formula is C14H12ClN5O. The lowest BCUT2D eigenvalue weighted by Crippen LogP contribution is -2.24. The molecule has 3 aromatic rings. The maximum Gasteiger partial charge on any atom is 0.253 e. The number of fused-ring (bicyclic) bond motifs is 1. The summed E-state index contributed by atoms with van der Waals surface area (Å²) in [6, 6.07) is 7.40. The van der Waals surface area contributed by atoms with E-state index < -0.39 is 0 Å². The number of hydrogen-bond acceptors (Lipinski definition) is 4. The van der Waals surface area contributed by atoms with Gasteiger partial charge in [0.05, 0.1) is 12.1 Å². The molecule has 21 heavy (non-hydrogen) atoms. The number of carbonyl (C=O) groups is 1. The molecule has 3 rings (SSSR count). The first kappa shape index (κ1) is 13.5. The summed E-state index contributed by atoms with van der Waals surface area (Å²) < 4.78 is 1.75. The highest BCUT2D eigenvalue weighted by Gasteiger charge is 2.13. The van der Waals surface area contributed by atoms with Crippen molar-refractivity contribution < 1.29 is 4.79 Å². The maximum atomic E-state index is 12.3. The molecule has 106 valence electrons. The summed E-state index contributed by atoms with van der Waals surface area (Å²) in [5.41, 5.74) is 0.483. The Bertz CT molecular complexity index is 814. The highest BCUT2D eigenvalue weighted by Crippen LogP contribution is 2.24. The van der Waals surface area contributed by atoms with Crippen LogP contribution in [-0.4, -0.2) is 25.7 Å². The van der Waals surface area contributed by atoms with Crippen molar-refractivity contribution in [1.82, 2.24) is 25.1 Å². The molecule has 7 heteroatoms. The number of nitrogens with zero attached hydrogens (tertiary/aromatic N) is 4. The molecule has 1 aromatic carbocycles. The van der Waals surface area contributed by atoms with Crippen molar-refractivity contribution in [3.8, 4) is 0 Å². The van der Waals surface area contributed by atoms with E-state index in [1.807, 2.05) is 31.3 Å². The molecule has 0 aliphatic rings. The fourth-order valence-electron chi connectivity index (χ4n) is 2.06. The molecule has 0 saturated carbocycles. The molecule has 0 saturated heterocycles. The van der Waals surface area contributed by atoms with Gasteiger partial charge in [-0.25, -0.2) is 4.98 Å². The number of halogens is 1. The second kappa shape index (κ2) is 5.49. The van der Waals surface area contributed by atoms with Crippen LogP contribution in [0.5, 0.6) is 0 Å². The Morgan fingerprint density at radius 1 is 1.33 bits per heavy atom. The zero-order valence-electron chi connectivity index (χ0n) is 11.2. The Kier molecular flexibility index (Phi) is 3.53. The van der Waals surface area contributed by atoms with Crippen molar-refractivity contribution in [2.75, 3.05) is 0 Å². The van der Waals surface area contributed by atoms with E-state index >= 15 is 0 Å². The van der Waals surface area contributed by atoms with Gasteiger partial charge in [0.1, 0.15) is 11.5 Å². The Balaban J connectivity index is 1.88. The molecule has 0 radical (unpaired) electrons. The number of aromatic nitrogens is 4. The number of hydrogen-bond donors (Lipinski definition) is 1. The van der Waals surface area contributed by atoms with E-state index in [0.717, 1.165) is 10.8 Å². The summed E-state index contributed by atoms with van der Waals surface area (Å²) >= 11 is 6.05. The Morgan fingerprint density at radius 3 is 2.81 bits per heavy atom. The Hall–Kier alpha value is -2.47. The fraction of sp³-hybridized carbons (Fsp3) is 0.143. The highest BCUT2D eigenvalue weighted by atomic mass is 35.5. The summed E-state index contributed by atoms with van der Waals surface area (Å²) in [4.78, 5) is 16.4. The van der Waals surface area contributed by atoms with Crippen LogP contribution in [0.2, 0.25) is 5.15 Å². The van der Waals surface area contributed by atoms with E-state index in [1.165, 1.54) is 6.20 Å². The minimum Gasteiger partial charge on any atom is -0.345 e. The van der Waals surface area contributed by atoms with Gasteiger partial charge in [-0.3, -0.25) is 4.79 Å². The van der Waals surface area contributed by atoms with E-state index in [-0.39, 0.29) is 5.91 Å². The normalized spacial score (nSPS) is 10.8. The summed E-state index contributed by atoms with van der Waals surface area (Å²) in [5, 5.41) is 12.4. The Labute approximate surface area is 125 Å². The van der Waals surface area contributed by atoms with Crippen LogP contribution in [0.1, 0.15) is 16.2 Å². The van der Waals surface area contributed by atoms with Crippen LogP contribution in [0, 0.1) is 0 Å². The van der Waals surface area contributed by atoms with Crippen LogP contribution in [0.4, 0.5) is 0 Å². The summed E-state index contributed by atoms with van der Waals surface area (Å²) in [6.45, 7) is 0.298. The number of amides is 1. The second-order valence-corrected chi connectivity index (χ2v) is 4.91. The predicted molar refractivity (Wildman–Crippen MR) is 78.9 cm³/mol. The molecule has 0 spiro atoms. The summed E-state index contributed by atoms with van der Waals surface area (Å²) in [7, 11) is 1.82. The van der Waals surface area contributed by atoms with Crippen molar-refractivity contribution in [2.45, 2.75) is 6.54 Å². The van der Waals surface area contributed by atoms with E-state index in [1.54, 1.807) is 10.9 Å². The quantitative estimate of drug-likeness (QED) is 0.750. The monoisotopic (exact) mass is 301 g/mol. The van der Waals surface area contributed by atoms with Crippen molar-refractivity contribution in [3.05, 3.63) is 53.3 Å². The number of pyridine rings is 1. The smallest absolute Gasteiger partial charge is 0.253 e. The minimum atomic E-state index is -0.224. The lowest BCUT2D eigenvalue weighted by molar-refractivity contribution is 0.0951. The maximum absolute atomic E-state index is 12.3. The predicted octanol–water partition coefficient (Wildman–Crippen LogP) is 1.95. The van der Waals surface area contributed by atoms with Crippen LogP contribution in [0.25, 0.3) is 10.8 Å². The molecule has 2 heterocycles. The third kappa shape index (κ3) is 2.57. The van der Waals surface area contributed by atoms with Gasteiger partial charge in [0.25, 0.3) is 5.91 Å². The van der Waals surface area contributed by atoms with Crippen LogP contribution in [-0.2, 0) is 13.6 Å². The van der Waals surface area contributed by atoms with Crippen LogP contribution in [0.3, 0.4) is 0 Å². The molecule has 2 aromatic heterocycles. The number of aryl methyl sites for hydroxylation is 1. The molecule has 6 nitrogen and oxygen atoms in total. The molecule has 0 aliphatic carbocycles. The average Bonchev–Trinajstić information content (AvgIpc) is 2.91. The number of benzene rings is 1. The molecule has 1 amide bonds. The van der Waals surface area contributed by atoms with Crippen molar-refractivity contribution in [2.24, 2.45) is 7.05 Å². The zero-order valence-corrected chi connectivity index (χ0v) is 12.0. The van der Waals surface area contributed by atoms with Gasteiger partial charge in [-0.05, 0) is 5.39 Å². The average molecular weight is 302 g/mol. The van der Waals surface area contributed by atoms with Crippen LogP contribution >= 0.6 is 11.6 Å². The van der Waals surface area contributed by atoms with Gasteiger partial charge >= 0.3 is 0 Å². The first-order valence-electron chi connectivity index (χ1n) is 6.31. The zero-order chi connectivity index (χ0) is 14.8. The van der Waals surface area contributed by atoms with Gasteiger partial charge in [-0.2, -0.15) is 0 Å². The van der Waals surface area contributed by atoms with Crippen molar-refractivity contribution >= 4 is 28.3 Å². The topological polar surface area (TPSA) is 72.7 Å². The number of carbonyl (C=O) groups excluding carboxylic acids is 1. The second-order valence-electron chi connectivity index (χ2n) is 4.55. The molecular weight excluding hydrogens is 290 g/mol. The number of nitrogens with one attached hydrogen (secondary N) is 1.